The summed E-state index contributed by atoms with van der Waals surface area (Å²) in [7, 11) is -3.78. The quantitative estimate of drug-likeness (QED) is 0.0636. The van der Waals surface area contributed by atoms with E-state index in [-0.39, 0.29) is 45.9 Å². The number of pyridine rings is 1. The Morgan fingerprint density at radius 3 is 2.55 bits per heavy atom. The van der Waals surface area contributed by atoms with Crippen LogP contribution in [0.3, 0.4) is 0 Å². The number of rotatable bonds is 17. The molecule has 16 nitrogen and oxygen atoms in total. The number of carboxylic acid groups (broad SMARTS) is 1. The number of piperidine rings is 2. The third kappa shape index (κ3) is 9.18. The summed E-state index contributed by atoms with van der Waals surface area (Å²) >= 11 is 7.53. The van der Waals surface area contributed by atoms with Gasteiger partial charge in [-0.3, -0.25) is 29.4 Å². The van der Waals surface area contributed by atoms with E-state index in [0.29, 0.717) is 78.0 Å². The second-order valence-electron chi connectivity index (χ2n) is 18.4. The summed E-state index contributed by atoms with van der Waals surface area (Å²) in [6.45, 7) is 7.28. The van der Waals surface area contributed by atoms with Gasteiger partial charge in [0.05, 0.1) is 16.3 Å². The van der Waals surface area contributed by atoms with Crippen molar-refractivity contribution in [3.8, 4) is 16.2 Å². The molecule has 4 N–H and O–H groups in total. The molecule has 6 heterocycles. The standard InChI is InChI=1S/C50H52ClN7O9S2/c1-4-7-39(47(61)52-28-60)58-38-15-14-35(36-10-6-11-37(41(36)38)48(58)62)29-16-19-56(20-17-29)40-25-31-12-13-34(54-46(31)55-40)27-69(65,66)57-21-18-33(26-50(57,2)3)53-32-9-5-8-30(24-32)44-42(51)43(67-23-22-59)45(68-44)49(63)64/h5-6,8-15,22,24-25,28-29,33,39,53H,4,7,16-21,23,26-27H2,1-3H3,(H,54,55)(H,63,64)(H,52,60,61). The molecule has 360 valence electrons. The molecule has 0 aliphatic carbocycles. The molecule has 2 fully saturated rings. The van der Waals surface area contributed by atoms with Crippen LogP contribution in [0.2, 0.25) is 5.02 Å². The normalized spacial score (nSPS) is 17.9. The van der Waals surface area contributed by atoms with Gasteiger partial charge in [-0.05, 0) is 111 Å². The Bertz CT molecular complexity index is 3130. The zero-order valence-electron chi connectivity index (χ0n) is 38.3. The van der Waals surface area contributed by atoms with Gasteiger partial charge in [0.15, 0.2) is 16.9 Å². The van der Waals surface area contributed by atoms with Crippen LogP contribution in [0.15, 0.2) is 72.8 Å². The number of halogens is 1. The van der Waals surface area contributed by atoms with E-state index < -0.39 is 33.5 Å². The number of carboxylic acids is 1. The molecule has 3 amide bonds. The van der Waals surface area contributed by atoms with Crippen LogP contribution in [0.25, 0.3) is 32.2 Å². The lowest BCUT2D eigenvalue weighted by molar-refractivity contribution is -0.126. The van der Waals surface area contributed by atoms with Gasteiger partial charge in [0, 0.05) is 53.2 Å². The van der Waals surface area contributed by atoms with Crippen molar-refractivity contribution in [1.82, 2.24) is 19.6 Å². The van der Waals surface area contributed by atoms with E-state index in [1.807, 2.05) is 75.4 Å². The number of nitrogens with one attached hydrogen (secondary N) is 3. The smallest absolute Gasteiger partial charge is 0.349 e. The molecule has 3 aliphatic heterocycles. The number of amides is 3. The van der Waals surface area contributed by atoms with Gasteiger partial charge in [-0.2, -0.15) is 4.31 Å². The third-order valence-corrected chi connectivity index (χ3v) is 17.2. The predicted molar refractivity (Wildman–Crippen MR) is 267 cm³/mol. The fraction of sp³-hybridized carbons (Fsp3) is 0.360. The highest BCUT2D eigenvalue weighted by molar-refractivity contribution is 7.88. The highest BCUT2D eigenvalue weighted by atomic mass is 35.5. The number of carbonyl (C=O) groups is 5. The minimum absolute atomic E-state index is 0.0444. The zero-order chi connectivity index (χ0) is 48.8. The van der Waals surface area contributed by atoms with Crippen LogP contribution >= 0.6 is 22.9 Å². The summed E-state index contributed by atoms with van der Waals surface area (Å²) in [6, 6.07) is 22.0. The lowest BCUT2D eigenvalue weighted by atomic mass is 9.85. The molecule has 3 aromatic carbocycles. The van der Waals surface area contributed by atoms with Crippen molar-refractivity contribution >= 4 is 102 Å². The van der Waals surface area contributed by atoms with E-state index in [9.17, 15) is 37.5 Å². The molecular weight excluding hydrogens is 942 g/mol. The molecule has 69 heavy (non-hydrogen) atoms. The molecule has 2 saturated heterocycles. The number of imide groups is 1. The number of fused-ring (bicyclic) bond motifs is 1. The first-order valence-electron chi connectivity index (χ1n) is 23.0. The topological polar surface area (TPSA) is 211 Å². The van der Waals surface area contributed by atoms with Crippen molar-refractivity contribution in [3.63, 3.8) is 0 Å². The molecule has 0 radical (unpaired) electrons. The van der Waals surface area contributed by atoms with Crippen molar-refractivity contribution in [2.24, 2.45) is 0 Å². The molecule has 6 aromatic rings. The Balaban J connectivity index is 0.839. The molecule has 2 atom stereocenters. The van der Waals surface area contributed by atoms with E-state index in [4.69, 9.17) is 21.3 Å². The van der Waals surface area contributed by atoms with Crippen molar-refractivity contribution in [3.05, 3.63) is 99.5 Å². The third-order valence-electron chi connectivity index (χ3n) is 13.5. The van der Waals surface area contributed by atoms with Gasteiger partial charge in [-0.25, -0.2) is 18.2 Å². The first-order chi connectivity index (χ1) is 33.1. The number of benzene rings is 3. The second kappa shape index (κ2) is 19.2. The number of carbonyl (C=O) groups excluding carboxylic acids is 4. The number of aromatic amines is 1. The lowest BCUT2D eigenvalue weighted by Gasteiger charge is -2.44. The Kier molecular flexibility index (Phi) is 13.3. The summed E-state index contributed by atoms with van der Waals surface area (Å²) in [4.78, 5) is 73.2. The van der Waals surface area contributed by atoms with Gasteiger partial charge in [-0.1, -0.05) is 55.3 Å². The maximum atomic E-state index is 14.1. The number of H-pyrrole nitrogens is 1. The Morgan fingerprint density at radius 2 is 1.83 bits per heavy atom. The highest BCUT2D eigenvalue weighted by Crippen LogP contribution is 2.47. The maximum absolute atomic E-state index is 14.1. The van der Waals surface area contributed by atoms with Gasteiger partial charge < -0.3 is 25.0 Å². The largest absolute Gasteiger partial charge is 0.483 e. The summed E-state index contributed by atoms with van der Waals surface area (Å²) in [5.74, 6) is -1.11. The van der Waals surface area contributed by atoms with E-state index in [2.05, 4.69) is 26.6 Å². The fourth-order valence-electron chi connectivity index (χ4n) is 10.5. The number of sulfonamides is 1. The molecule has 19 heteroatoms. The first kappa shape index (κ1) is 47.7. The Morgan fingerprint density at radius 1 is 1.04 bits per heavy atom. The van der Waals surface area contributed by atoms with E-state index in [1.54, 1.807) is 21.3 Å². The van der Waals surface area contributed by atoms with Gasteiger partial charge in [0.25, 0.3) is 5.91 Å². The van der Waals surface area contributed by atoms with Crippen LogP contribution < -0.4 is 25.2 Å². The number of hydrogen-bond donors (Lipinski definition) is 4. The lowest BCUT2D eigenvalue weighted by Crippen LogP contribution is -2.55. The molecule has 0 spiro atoms. The van der Waals surface area contributed by atoms with Crippen LogP contribution in [0.1, 0.15) is 96.5 Å². The minimum atomic E-state index is -3.78. The fourth-order valence-corrected chi connectivity index (χ4v) is 13.8. The number of thiophene rings is 1. The van der Waals surface area contributed by atoms with Crippen LogP contribution in [0.4, 0.5) is 17.2 Å². The van der Waals surface area contributed by atoms with Crippen LogP contribution in [0, 0.1) is 0 Å². The van der Waals surface area contributed by atoms with E-state index >= 15 is 0 Å². The molecule has 3 aliphatic rings. The second-order valence-corrected chi connectivity index (χ2v) is 21.7. The van der Waals surface area contributed by atoms with Crippen molar-refractivity contribution in [1.29, 1.82) is 0 Å². The Hall–Kier alpha value is -6.34. The van der Waals surface area contributed by atoms with Crippen molar-refractivity contribution < 1.29 is 42.2 Å². The van der Waals surface area contributed by atoms with Gasteiger partial charge in [0.2, 0.25) is 22.3 Å². The molecule has 2 unspecified atom stereocenters. The van der Waals surface area contributed by atoms with Crippen molar-refractivity contribution in [2.45, 2.75) is 88.6 Å². The molecular formula is C50H52ClN7O9S2. The number of aromatic carboxylic acids is 1. The van der Waals surface area contributed by atoms with Crippen LogP contribution in [-0.4, -0.2) is 102 Å². The summed E-state index contributed by atoms with van der Waals surface area (Å²) < 4.78 is 35.2. The van der Waals surface area contributed by atoms with Gasteiger partial charge in [-0.15, -0.1) is 11.3 Å². The monoisotopic (exact) mass is 993 g/mol. The highest BCUT2D eigenvalue weighted by Gasteiger charge is 2.42. The van der Waals surface area contributed by atoms with Crippen molar-refractivity contribution in [2.75, 3.05) is 41.4 Å². The Labute approximate surface area is 408 Å². The molecule has 0 bridgehead atoms. The van der Waals surface area contributed by atoms with Gasteiger partial charge >= 0.3 is 5.97 Å². The maximum Gasteiger partial charge on any atom is 0.349 e. The predicted octanol–water partition coefficient (Wildman–Crippen LogP) is 8.34. The van der Waals surface area contributed by atoms with Crippen LogP contribution in [0.5, 0.6) is 5.75 Å². The van der Waals surface area contributed by atoms with E-state index in [1.165, 1.54) is 0 Å². The number of anilines is 3. The number of nitrogens with zero attached hydrogens (tertiary/aromatic N) is 4. The number of ether oxygens (including phenoxy) is 1. The number of aldehydes is 1. The summed E-state index contributed by atoms with van der Waals surface area (Å²) in [5.41, 5.74) is 4.17. The SMILES string of the molecule is CCCC(C(=O)NC=O)N1C(=O)c2cccc3c(C4CCN(c5cc6ccc(CS(=O)(=O)N7CCC(Nc8cccc(-c9sc(C(=O)O)c(OCC=O)c9Cl)c8)CC7(C)C)nc6[nH]5)CC4)ccc1c23. The molecule has 3 aromatic heterocycles. The summed E-state index contributed by atoms with van der Waals surface area (Å²) in [5, 5.41) is 18.4. The van der Waals surface area contributed by atoms with Gasteiger partial charge in [0.1, 0.15) is 34.9 Å². The number of hydrogen-bond acceptors (Lipinski definition) is 12. The molecule has 9 rings (SSSR count). The van der Waals surface area contributed by atoms with Crippen LogP contribution in [-0.2, 0) is 30.2 Å². The zero-order valence-corrected chi connectivity index (χ0v) is 40.7. The minimum Gasteiger partial charge on any atom is -0.483 e. The number of aromatic nitrogens is 2. The summed E-state index contributed by atoms with van der Waals surface area (Å²) in [6.07, 6.45) is 4.75. The average molecular weight is 995 g/mol. The average Bonchev–Trinajstić information content (AvgIpc) is 3.99. The van der Waals surface area contributed by atoms with E-state index in [0.717, 1.165) is 70.5 Å². The molecule has 0 saturated carbocycles. The first-order valence-corrected chi connectivity index (χ1v) is 25.8.